The van der Waals surface area contributed by atoms with Gasteiger partial charge in [-0.25, -0.2) is 22.6 Å². The smallest absolute Gasteiger partial charge is 0.354 e. The molecule has 1 atom stereocenters. The maximum Gasteiger partial charge on any atom is 0.354 e. The number of rotatable bonds is 5. The number of carbonyl (C=O) groups excluding carboxylic acids is 2. The highest BCUT2D eigenvalue weighted by molar-refractivity contribution is 7.91. The van der Waals surface area contributed by atoms with Gasteiger partial charge >= 0.3 is 5.97 Å². The second-order valence-electron chi connectivity index (χ2n) is 6.39. The summed E-state index contributed by atoms with van der Waals surface area (Å²) in [6.07, 6.45) is 0.470. The van der Waals surface area contributed by atoms with E-state index < -0.39 is 27.7 Å². The Balaban J connectivity index is 1.66. The maximum atomic E-state index is 13.7. The van der Waals surface area contributed by atoms with Gasteiger partial charge in [0, 0.05) is 12.8 Å². The van der Waals surface area contributed by atoms with E-state index in [0.29, 0.717) is 12.0 Å². The summed E-state index contributed by atoms with van der Waals surface area (Å²) in [5.41, 5.74) is 0.487. The first-order valence-electron chi connectivity index (χ1n) is 8.38. The van der Waals surface area contributed by atoms with Crippen molar-refractivity contribution in [2.75, 3.05) is 18.6 Å². The molecule has 2 aliphatic heterocycles. The van der Waals surface area contributed by atoms with Gasteiger partial charge in [0.05, 0.1) is 24.7 Å². The minimum atomic E-state index is -3.19. The molecule has 3 rings (SSSR count). The van der Waals surface area contributed by atoms with Gasteiger partial charge in [-0.15, -0.1) is 0 Å². The van der Waals surface area contributed by atoms with E-state index in [-0.39, 0.29) is 48.3 Å². The average molecular weight is 398 g/mol. The number of nitrogens with zero attached hydrogens (tertiary/aromatic N) is 2. The largest absolute Gasteiger partial charge is 0.494 e. The van der Waals surface area contributed by atoms with Crippen molar-refractivity contribution in [3.05, 3.63) is 29.6 Å². The Bertz CT molecular complexity index is 899. The summed E-state index contributed by atoms with van der Waals surface area (Å²) in [4.78, 5) is 24.3. The van der Waals surface area contributed by atoms with Crippen LogP contribution in [0.25, 0.3) is 0 Å². The van der Waals surface area contributed by atoms with Gasteiger partial charge in [0.2, 0.25) is 5.91 Å². The lowest BCUT2D eigenvalue weighted by Gasteiger charge is -2.27. The zero-order valence-corrected chi connectivity index (χ0v) is 15.5. The fourth-order valence-corrected chi connectivity index (χ4v) is 4.70. The van der Waals surface area contributed by atoms with E-state index in [1.807, 2.05) is 0 Å². The second-order valence-corrected chi connectivity index (χ2v) is 8.62. The monoisotopic (exact) mass is 398 g/mol. The topological polar surface area (TPSA) is 102 Å². The molecule has 1 aromatic rings. The molecule has 10 heteroatoms. The van der Waals surface area contributed by atoms with E-state index in [1.165, 1.54) is 19.2 Å². The second kappa shape index (κ2) is 7.63. The van der Waals surface area contributed by atoms with Crippen LogP contribution in [0.3, 0.4) is 0 Å². The first-order chi connectivity index (χ1) is 12.8. The normalized spacial score (nSPS) is 21.7. The lowest BCUT2D eigenvalue weighted by molar-refractivity contribution is -0.138. The molecule has 1 saturated heterocycles. The Morgan fingerprint density at radius 1 is 1.37 bits per heavy atom. The number of hydrazone groups is 1. The molecule has 0 spiro atoms. The average Bonchev–Trinajstić information content (AvgIpc) is 3.00. The van der Waals surface area contributed by atoms with Crippen LogP contribution < -0.4 is 4.74 Å². The van der Waals surface area contributed by atoms with Crippen LogP contribution in [-0.2, 0) is 30.8 Å². The Hall–Kier alpha value is -2.49. The Morgan fingerprint density at radius 2 is 2.15 bits per heavy atom. The molecule has 0 saturated carbocycles. The number of carbonyl (C=O) groups is 2. The number of halogens is 1. The van der Waals surface area contributed by atoms with Gasteiger partial charge in [-0.3, -0.25) is 4.79 Å². The quantitative estimate of drug-likeness (QED) is 0.687. The van der Waals surface area contributed by atoms with Crippen LogP contribution in [0.15, 0.2) is 23.3 Å². The Labute approximate surface area is 155 Å². The minimum absolute atomic E-state index is 0.000218. The van der Waals surface area contributed by atoms with E-state index in [9.17, 15) is 22.4 Å². The summed E-state index contributed by atoms with van der Waals surface area (Å²) in [5.74, 6) is -1.67. The van der Waals surface area contributed by atoms with Crippen molar-refractivity contribution in [1.82, 2.24) is 5.01 Å². The van der Waals surface area contributed by atoms with E-state index in [4.69, 9.17) is 9.47 Å². The molecule has 1 aromatic carbocycles. The Kier molecular flexibility index (Phi) is 5.45. The van der Waals surface area contributed by atoms with Gasteiger partial charge in [-0.2, -0.15) is 5.10 Å². The maximum absolute atomic E-state index is 13.7. The molecule has 0 unspecified atom stereocenters. The first-order valence-corrected chi connectivity index (χ1v) is 10.2. The summed E-state index contributed by atoms with van der Waals surface area (Å²) in [6, 6.07) is 3.64. The predicted molar refractivity (Wildman–Crippen MR) is 93.3 cm³/mol. The molecule has 8 nitrogen and oxygen atoms in total. The fourth-order valence-electron chi connectivity index (χ4n) is 3.00. The number of ether oxygens (including phenoxy) is 2. The van der Waals surface area contributed by atoms with E-state index in [2.05, 4.69) is 5.10 Å². The SMILES string of the molecule is COc1ccc(COC(=O)C2=NN([C@H]3CCS(=O)(=O)C3)C(=O)CC2)cc1F. The van der Waals surface area contributed by atoms with Crippen molar-refractivity contribution in [2.24, 2.45) is 5.10 Å². The van der Waals surface area contributed by atoms with Gasteiger partial charge in [0.25, 0.3) is 0 Å². The summed E-state index contributed by atoms with van der Waals surface area (Å²) >= 11 is 0. The highest BCUT2D eigenvalue weighted by Crippen LogP contribution is 2.23. The zero-order chi connectivity index (χ0) is 19.6. The van der Waals surface area contributed by atoms with Crippen molar-refractivity contribution in [2.45, 2.75) is 31.9 Å². The number of hydrogen-bond acceptors (Lipinski definition) is 7. The third-order valence-electron chi connectivity index (χ3n) is 4.44. The third kappa shape index (κ3) is 4.44. The molecule has 27 heavy (non-hydrogen) atoms. The van der Waals surface area contributed by atoms with Crippen molar-refractivity contribution >= 4 is 27.4 Å². The predicted octanol–water partition coefficient (Wildman–Crippen LogP) is 1.04. The standard InChI is InChI=1S/C17H19FN2O6S/c1-25-15-4-2-11(8-13(15)18)9-26-17(22)14-3-5-16(21)20(19-14)12-6-7-27(23,24)10-12/h2,4,8,12H,3,5-7,9-10H2,1H3/t12-/m0/s1. The molecule has 2 heterocycles. The fraction of sp³-hybridized carbons (Fsp3) is 0.471. The molecule has 0 radical (unpaired) electrons. The van der Waals surface area contributed by atoms with Gasteiger partial charge in [-0.1, -0.05) is 6.07 Å². The van der Waals surface area contributed by atoms with E-state index in [0.717, 1.165) is 5.01 Å². The van der Waals surface area contributed by atoms with Crippen molar-refractivity contribution in [1.29, 1.82) is 0 Å². The molecule has 2 aliphatic rings. The van der Waals surface area contributed by atoms with Gasteiger partial charge in [0.15, 0.2) is 21.4 Å². The molecule has 1 amide bonds. The zero-order valence-electron chi connectivity index (χ0n) is 14.7. The van der Waals surface area contributed by atoms with Crippen LogP contribution in [0.4, 0.5) is 4.39 Å². The van der Waals surface area contributed by atoms with Gasteiger partial charge < -0.3 is 9.47 Å². The molecule has 0 aliphatic carbocycles. The van der Waals surface area contributed by atoms with Crippen LogP contribution in [0.1, 0.15) is 24.8 Å². The van der Waals surface area contributed by atoms with Crippen LogP contribution in [-0.4, -0.2) is 55.7 Å². The summed E-state index contributed by atoms with van der Waals surface area (Å²) in [5, 5.41) is 5.13. The number of esters is 1. The molecule has 0 aromatic heterocycles. The number of amides is 1. The van der Waals surface area contributed by atoms with Crippen LogP contribution in [0.5, 0.6) is 5.75 Å². The molecule has 146 valence electrons. The number of hydrogen-bond donors (Lipinski definition) is 0. The van der Waals surface area contributed by atoms with Gasteiger partial charge in [0.1, 0.15) is 12.3 Å². The lowest BCUT2D eigenvalue weighted by atomic mass is 10.1. The van der Waals surface area contributed by atoms with Crippen molar-refractivity contribution in [3.8, 4) is 5.75 Å². The van der Waals surface area contributed by atoms with Crippen molar-refractivity contribution < 1.29 is 31.9 Å². The van der Waals surface area contributed by atoms with Crippen LogP contribution in [0, 0.1) is 5.82 Å². The first kappa shape index (κ1) is 19.3. The highest BCUT2D eigenvalue weighted by Gasteiger charge is 2.37. The lowest BCUT2D eigenvalue weighted by Crippen LogP contribution is -2.42. The summed E-state index contributed by atoms with van der Waals surface area (Å²) in [6.45, 7) is -0.162. The number of methoxy groups -OCH3 is 1. The summed E-state index contributed by atoms with van der Waals surface area (Å²) in [7, 11) is -1.84. The van der Waals surface area contributed by atoms with Crippen molar-refractivity contribution in [3.63, 3.8) is 0 Å². The minimum Gasteiger partial charge on any atom is -0.494 e. The van der Waals surface area contributed by atoms with E-state index in [1.54, 1.807) is 6.07 Å². The Morgan fingerprint density at radius 3 is 2.78 bits per heavy atom. The molecular weight excluding hydrogens is 379 g/mol. The van der Waals surface area contributed by atoms with Crippen LogP contribution >= 0.6 is 0 Å². The highest BCUT2D eigenvalue weighted by atomic mass is 32.2. The molecule has 0 N–H and O–H groups in total. The van der Waals surface area contributed by atoms with Gasteiger partial charge in [-0.05, 0) is 24.1 Å². The number of sulfone groups is 1. The number of benzene rings is 1. The molecule has 1 fully saturated rings. The summed E-state index contributed by atoms with van der Waals surface area (Å²) < 4.78 is 46.9. The third-order valence-corrected chi connectivity index (χ3v) is 6.19. The molecule has 0 bridgehead atoms. The van der Waals surface area contributed by atoms with Crippen LogP contribution in [0.2, 0.25) is 0 Å². The van der Waals surface area contributed by atoms with E-state index >= 15 is 0 Å². The molecular formula is C17H19FN2O6S.